The Hall–Kier alpha value is -2.54. The standard InChI is InChI=1S/C21H21BrN4O2/c22-16-4-3-5-17(12-16)23-20(27)15-10-8-14(9-11-15)13-26-21(28)18-6-1-2-7-19(18)24-25-26/h1-7,12,14-15H,8-11,13H2,(H,23,27). The van der Waals surface area contributed by atoms with Crippen molar-refractivity contribution in [1.82, 2.24) is 15.0 Å². The van der Waals surface area contributed by atoms with Crippen molar-refractivity contribution in [2.24, 2.45) is 11.8 Å². The first-order chi connectivity index (χ1) is 13.6. The minimum absolute atomic E-state index is 0.00893. The topological polar surface area (TPSA) is 76.9 Å². The average Bonchev–Trinajstić information content (AvgIpc) is 2.71. The number of nitrogens with one attached hydrogen (secondary N) is 1. The number of anilines is 1. The molecule has 6 nitrogen and oxygen atoms in total. The molecule has 1 aromatic heterocycles. The van der Waals surface area contributed by atoms with Crippen LogP contribution >= 0.6 is 15.9 Å². The predicted octanol–water partition coefficient (Wildman–Crippen LogP) is 4.00. The molecule has 1 heterocycles. The SMILES string of the molecule is O=C(Nc1cccc(Br)c1)C1CCC(Cn2nnc3ccccc3c2=O)CC1. The summed E-state index contributed by atoms with van der Waals surface area (Å²) in [6.07, 6.45) is 3.44. The van der Waals surface area contributed by atoms with Gasteiger partial charge in [-0.15, -0.1) is 5.10 Å². The van der Waals surface area contributed by atoms with E-state index in [0.717, 1.165) is 35.8 Å². The van der Waals surface area contributed by atoms with Crippen molar-refractivity contribution in [3.8, 4) is 0 Å². The van der Waals surface area contributed by atoms with E-state index >= 15 is 0 Å². The van der Waals surface area contributed by atoms with Gasteiger partial charge in [-0.25, -0.2) is 4.68 Å². The van der Waals surface area contributed by atoms with Crippen LogP contribution in [-0.2, 0) is 11.3 Å². The summed E-state index contributed by atoms with van der Waals surface area (Å²) >= 11 is 3.42. The van der Waals surface area contributed by atoms with Crippen molar-refractivity contribution >= 4 is 38.4 Å². The molecule has 1 N–H and O–H groups in total. The van der Waals surface area contributed by atoms with Crippen molar-refractivity contribution in [2.75, 3.05) is 5.32 Å². The zero-order valence-electron chi connectivity index (χ0n) is 15.3. The molecule has 1 fully saturated rings. The highest BCUT2D eigenvalue weighted by atomic mass is 79.9. The van der Waals surface area contributed by atoms with Crippen molar-refractivity contribution in [2.45, 2.75) is 32.2 Å². The number of hydrogen-bond acceptors (Lipinski definition) is 4. The summed E-state index contributed by atoms with van der Waals surface area (Å²) in [5.41, 5.74) is 1.33. The van der Waals surface area contributed by atoms with Crippen LogP contribution in [0.5, 0.6) is 0 Å². The molecule has 2 aromatic carbocycles. The van der Waals surface area contributed by atoms with Gasteiger partial charge in [0.05, 0.1) is 5.39 Å². The fourth-order valence-corrected chi connectivity index (χ4v) is 4.20. The summed E-state index contributed by atoms with van der Waals surface area (Å²) in [4.78, 5) is 25.1. The van der Waals surface area contributed by atoms with Crippen molar-refractivity contribution in [3.63, 3.8) is 0 Å². The number of halogens is 1. The number of benzene rings is 2. The predicted molar refractivity (Wildman–Crippen MR) is 112 cm³/mol. The number of aromatic nitrogens is 3. The third-order valence-electron chi connectivity index (χ3n) is 5.37. The lowest BCUT2D eigenvalue weighted by molar-refractivity contribution is -0.121. The third-order valence-corrected chi connectivity index (χ3v) is 5.86. The summed E-state index contributed by atoms with van der Waals surface area (Å²) in [7, 11) is 0. The van der Waals surface area contributed by atoms with Crippen LogP contribution < -0.4 is 10.9 Å². The molecule has 4 rings (SSSR count). The molecule has 0 unspecified atom stereocenters. The third kappa shape index (κ3) is 4.14. The first kappa shape index (κ1) is 18.8. The quantitative estimate of drug-likeness (QED) is 0.664. The summed E-state index contributed by atoms with van der Waals surface area (Å²) in [6.45, 7) is 0.552. The highest BCUT2D eigenvalue weighted by Gasteiger charge is 2.27. The molecule has 0 spiro atoms. The van der Waals surface area contributed by atoms with Gasteiger partial charge in [0.2, 0.25) is 5.91 Å². The van der Waals surface area contributed by atoms with E-state index in [2.05, 4.69) is 31.6 Å². The Morgan fingerprint density at radius 3 is 2.68 bits per heavy atom. The van der Waals surface area contributed by atoms with E-state index in [9.17, 15) is 9.59 Å². The molecular formula is C21H21BrN4O2. The summed E-state index contributed by atoms with van der Waals surface area (Å²) in [5.74, 6) is 0.414. The van der Waals surface area contributed by atoms with Crippen LogP contribution in [0.3, 0.4) is 0 Å². The highest BCUT2D eigenvalue weighted by Crippen LogP contribution is 2.30. The number of hydrogen-bond donors (Lipinski definition) is 1. The number of amides is 1. The number of rotatable bonds is 4. The Kier molecular flexibility index (Phi) is 5.52. The van der Waals surface area contributed by atoms with Gasteiger partial charge in [-0.2, -0.15) is 0 Å². The van der Waals surface area contributed by atoms with Crippen LogP contribution in [0, 0.1) is 11.8 Å². The van der Waals surface area contributed by atoms with E-state index in [1.165, 1.54) is 4.68 Å². The minimum Gasteiger partial charge on any atom is -0.326 e. The lowest BCUT2D eigenvalue weighted by Gasteiger charge is -2.27. The van der Waals surface area contributed by atoms with Crippen LogP contribution in [0.15, 0.2) is 57.8 Å². The Morgan fingerprint density at radius 1 is 1.11 bits per heavy atom. The number of nitrogens with zero attached hydrogens (tertiary/aromatic N) is 3. The molecule has 1 amide bonds. The lowest BCUT2D eigenvalue weighted by atomic mass is 9.81. The average molecular weight is 441 g/mol. The molecule has 0 bridgehead atoms. The molecule has 144 valence electrons. The fraction of sp³-hybridized carbons (Fsp3) is 0.333. The molecule has 7 heteroatoms. The maximum absolute atomic E-state index is 12.6. The molecule has 1 aliphatic carbocycles. The van der Waals surface area contributed by atoms with Gasteiger partial charge in [0.15, 0.2) is 0 Å². The summed E-state index contributed by atoms with van der Waals surface area (Å²) < 4.78 is 2.41. The van der Waals surface area contributed by atoms with Gasteiger partial charge in [-0.1, -0.05) is 39.3 Å². The monoisotopic (exact) mass is 440 g/mol. The second-order valence-corrected chi connectivity index (χ2v) is 8.23. The summed E-state index contributed by atoms with van der Waals surface area (Å²) in [5, 5.41) is 11.8. The van der Waals surface area contributed by atoms with E-state index in [-0.39, 0.29) is 17.4 Å². The van der Waals surface area contributed by atoms with E-state index in [0.29, 0.717) is 23.4 Å². The molecule has 0 atom stereocenters. The van der Waals surface area contributed by atoms with Crippen LogP contribution in [0.25, 0.3) is 10.9 Å². The number of carbonyl (C=O) groups is 1. The molecular weight excluding hydrogens is 420 g/mol. The first-order valence-corrected chi connectivity index (χ1v) is 10.3. The zero-order valence-corrected chi connectivity index (χ0v) is 16.9. The maximum atomic E-state index is 12.6. The van der Waals surface area contributed by atoms with Crippen molar-refractivity contribution in [3.05, 3.63) is 63.4 Å². The first-order valence-electron chi connectivity index (χ1n) is 9.49. The van der Waals surface area contributed by atoms with Crippen LogP contribution in [0.1, 0.15) is 25.7 Å². The van der Waals surface area contributed by atoms with Gasteiger partial charge in [0, 0.05) is 22.6 Å². The molecule has 1 aliphatic rings. The smallest absolute Gasteiger partial charge is 0.277 e. The van der Waals surface area contributed by atoms with Crippen molar-refractivity contribution in [1.29, 1.82) is 0 Å². The van der Waals surface area contributed by atoms with E-state index in [1.54, 1.807) is 12.1 Å². The van der Waals surface area contributed by atoms with Crippen molar-refractivity contribution < 1.29 is 4.79 Å². The van der Waals surface area contributed by atoms with E-state index in [1.807, 2.05) is 36.4 Å². The Labute approximate surface area is 171 Å². The molecule has 0 aliphatic heterocycles. The van der Waals surface area contributed by atoms with E-state index in [4.69, 9.17) is 0 Å². The minimum atomic E-state index is -0.0971. The molecule has 0 saturated heterocycles. The second kappa shape index (κ2) is 8.22. The summed E-state index contributed by atoms with van der Waals surface area (Å²) in [6, 6.07) is 14.9. The maximum Gasteiger partial charge on any atom is 0.277 e. The normalized spacial score (nSPS) is 19.5. The van der Waals surface area contributed by atoms with Crippen LogP contribution in [0.2, 0.25) is 0 Å². The Balaban J connectivity index is 1.36. The number of carbonyl (C=O) groups excluding carboxylic acids is 1. The number of fused-ring (bicyclic) bond motifs is 1. The Morgan fingerprint density at radius 2 is 1.89 bits per heavy atom. The largest absolute Gasteiger partial charge is 0.326 e. The fourth-order valence-electron chi connectivity index (χ4n) is 3.81. The second-order valence-electron chi connectivity index (χ2n) is 7.31. The molecule has 0 radical (unpaired) electrons. The van der Waals surface area contributed by atoms with Gasteiger partial charge in [0.25, 0.3) is 5.56 Å². The zero-order chi connectivity index (χ0) is 19.5. The van der Waals surface area contributed by atoms with Gasteiger partial charge >= 0.3 is 0 Å². The molecule has 3 aromatic rings. The van der Waals surface area contributed by atoms with Gasteiger partial charge < -0.3 is 5.32 Å². The molecule has 1 saturated carbocycles. The van der Waals surface area contributed by atoms with Gasteiger partial charge in [-0.05, 0) is 61.9 Å². The van der Waals surface area contributed by atoms with Gasteiger partial charge in [-0.3, -0.25) is 9.59 Å². The van der Waals surface area contributed by atoms with Gasteiger partial charge in [0.1, 0.15) is 5.52 Å². The van der Waals surface area contributed by atoms with Crippen LogP contribution in [-0.4, -0.2) is 20.9 Å². The van der Waals surface area contributed by atoms with Crippen LogP contribution in [0.4, 0.5) is 5.69 Å². The Bertz CT molecular complexity index is 1060. The molecule has 28 heavy (non-hydrogen) atoms. The lowest BCUT2D eigenvalue weighted by Crippen LogP contribution is -2.32. The van der Waals surface area contributed by atoms with E-state index < -0.39 is 0 Å². The highest BCUT2D eigenvalue weighted by molar-refractivity contribution is 9.10.